The van der Waals surface area contributed by atoms with E-state index in [0.29, 0.717) is 6.42 Å². The molecule has 1 fully saturated rings. The lowest BCUT2D eigenvalue weighted by molar-refractivity contribution is -0.384. The monoisotopic (exact) mass is 391 g/mol. The average molecular weight is 391 g/mol. The summed E-state index contributed by atoms with van der Waals surface area (Å²) in [4.78, 5) is 29.0. The number of nitro groups is 1. The van der Waals surface area contributed by atoms with Crippen LogP contribution in [0.1, 0.15) is 48.8 Å². The summed E-state index contributed by atoms with van der Waals surface area (Å²) in [6.07, 6.45) is 5.39. The number of benzene rings is 2. The van der Waals surface area contributed by atoms with Gasteiger partial charge in [0.1, 0.15) is 0 Å². The van der Waals surface area contributed by atoms with Crippen molar-refractivity contribution in [3.8, 4) is 0 Å². The topological polar surface area (TPSA) is 79.2 Å². The smallest absolute Gasteiger partial charge is 0.269 e. The van der Waals surface area contributed by atoms with Gasteiger partial charge in [-0.1, -0.05) is 37.3 Å². The van der Waals surface area contributed by atoms with Crippen molar-refractivity contribution in [2.24, 2.45) is 0 Å². The number of aryl methyl sites for hydroxylation is 1. The van der Waals surface area contributed by atoms with Crippen molar-refractivity contribution in [1.82, 2.24) is 9.88 Å². The molecule has 1 saturated heterocycles. The van der Waals surface area contributed by atoms with Crippen LogP contribution in [-0.2, 0) is 11.2 Å². The van der Waals surface area contributed by atoms with E-state index in [1.807, 2.05) is 17.2 Å². The van der Waals surface area contributed by atoms with Crippen LogP contribution in [0.5, 0.6) is 0 Å². The molecule has 0 saturated carbocycles. The van der Waals surface area contributed by atoms with Crippen molar-refractivity contribution in [3.63, 3.8) is 0 Å². The normalized spacial score (nSPS) is 15.0. The van der Waals surface area contributed by atoms with Gasteiger partial charge in [0.15, 0.2) is 0 Å². The fraction of sp³-hybridized carbons (Fsp3) is 0.348. The van der Waals surface area contributed by atoms with E-state index in [2.05, 4.69) is 24.0 Å². The Morgan fingerprint density at radius 1 is 1.17 bits per heavy atom. The van der Waals surface area contributed by atoms with E-state index in [1.54, 1.807) is 12.1 Å². The lowest BCUT2D eigenvalue weighted by Gasteiger charge is -2.21. The van der Waals surface area contributed by atoms with Crippen LogP contribution >= 0.6 is 0 Å². The number of aromatic nitrogens is 1. The molecule has 1 aliphatic heterocycles. The Balaban J connectivity index is 1.75. The van der Waals surface area contributed by atoms with Crippen LogP contribution in [0.4, 0.5) is 5.69 Å². The number of carbonyl (C=O) groups excluding carboxylic acids is 1. The van der Waals surface area contributed by atoms with Crippen LogP contribution in [0.3, 0.4) is 0 Å². The number of rotatable bonds is 6. The molecule has 3 aromatic rings. The molecule has 6 nitrogen and oxygen atoms in total. The molecular formula is C23H25N3O3. The third-order valence-corrected chi connectivity index (χ3v) is 5.93. The molecule has 1 atom stereocenters. The molecule has 2 heterocycles. The molecule has 1 N–H and O–H groups in total. The van der Waals surface area contributed by atoms with E-state index in [1.165, 1.54) is 17.7 Å². The van der Waals surface area contributed by atoms with Gasteiger partial charge in [-0.15, -0.1) is 0 Å². The molecule has 29 heavy (non-hydrogen) atoms. The molecule has 0 radical (unpaired) electrons. The molecule has 1 amide bonds. The third kappa shape index (κ3) is 3.75. The molecule has 1 aromatic heterocycles. The van der Waals surface area contributed by atoms with Gasteiger partial charge >= 0.3 is 0 Å². The van der Waals surface area contributed by atoms with Crippen molar-refractivity contribution < 1.29 is 9.72 Å². The van der Waals surface area contributed by atoms with Crippen LogP contribution in [-0.4, -0.2) is 33.8 Å². The summed E-state index contributed by atoms with van der Waals surface area (Å²) in [5.41, 5.74) is 4.39. The summed E-state index contributed by atoms with van der Waals surface area (Å²) >= 11 is 0. The number of hydrogen-bond acceptors (Lipinski definition) is 3. The highest BCUT2D eigenvalue weighted by molar-refractivity contribution is 5.88. The molecule has 6 heteroatoms. The van der Waals surface area contributed by atoms with Crippen molar-refractivity contribution >= 4 is 22.5 Å². The van der Waals surface area contributed by atoms with Crippen LogP contribution in [0.15, 0.2) is 48.7 Å². The summed E-state index contributed by atoms with van der Waals surface area (Å²) in [5, 5.41) is 12.2. The zero-order valence-corrected chi connectivity index (χ0v) is 16.6. The third-order valence-electron chi connectivity index (χ3n) is 5.93. The van der Waals surface area contributed by atoms with Crippen molar-refractivity contribution in [1.29, 1.82) is 0 Å². The maximum Gasteiger partial charge on any atom is 0.269 e. The Labute approximate surface area is 169 Å². The Bertz CT molecular complexity index is 1030. The first-order valence-corrected chi connectivity index (χ1v) is 10.2. The second-order valence-corrected chi connectivity index (χ2v) is 7.63. The fourth-order valence-electron chi connectivity index (χ4n) is 4.33. The van der Waals surface area contributed by atoms with E-state index in [0.717, 1.165) is 54.4 Å². The highest BCUT2D eigenvalue weighted by Crippen LogP contribution is 2.36. The van der Waals surface area contributed by atoms with Gasteiger partial charge in [0, 0.05) is 54.7 Å². The van der Waals surface area contributed by atoms with Crippen LogP contribution < -0.4 is 0 Å². The SMILES string of the molecule is CCc1cccc2c([C@H](CC(=O)N3CCCC3)c3ccc([N+](=O)[O-])cc3)c[nH]c12. The minimum Gasteiger partial charge on any atom is -0.361 e. The first kappa shape index (κ1) is 19.2. The van der Waals surface area contributed by atoms with E-state index in [-0.39, 0.29) is 17.5 Å². The largest absolute Gasteiger partial charge is 0.361 e. The van der Waals surface area contributed by atoms with E-state index in [9.17, 15) is 14.9 Å². The van der Waals surface area contributed by atoms with Gasteiger partial charge in [-0.05, 0) is 36.0 Å². The second kappa shape index (κ2) is 8.07. The lowest BCUT2D eigenvalue weighted by atomic mass is 9.87. The number of carbonyl (C=O) groups is 1. The van der Waals surface area contributed by atoms with E-state index < -0.39 is 4.92 Å². The summed E-state index contributed by atoms with van der Waals surface area (Å²) in [6.45, 7) is 3.76. The van der Waals surface area contributed by atoms with Gasteiger partial charge in [0.25, 0.3) is 5.69 Å². The fourth-order valence-corrected chi connectivity index (χ4v) is 4.33. The van der Waals surface area contributed by atoms with Crippen molar-refractivity contribution in [2.75, 3.05) is 13.1 Å². The predicted octanol–water partition coefficient (Wildman–Crippen LogP) is 4.78. The van der Waals surface area contributed by atoms with Crippen LogP contribution in [0.2, 0.25) is 0 Å². The Hall–Kier alpha value is -3.15. The maximum atomic E-state index is 13.0. The standard InChI is InChI=1S/C23H25N3O3/c1-2-16-6-5-7-19-21(15-24-23(16)19)20(14-22(27)25-12-3-4-13-25)17-8-10-18(11-9-17)26(28)29/h5-11,15,20,24H,2-4,12-14H2,1H3/t20-/m1/s1. The van der Waals surface area contributed by atoms with Crippen molar-refractivity contribution in [3.05, 3.63) is 75.5 Å². The summed E-state index contributed by atoms with van der Waals surface area (Å²) in [5.74, 6) is -0.00314. The molecule has 0 spiro atoms. The quantitative estimate of drug-likeness (QED) is 0.485. The van der Waals surface area contributed by atoms with Gasteiger partial charge in [-0.25, -0.2) is 0 Å². The number of hydrogen-bond donors (Lipinski definition) is 1. The van der Waals surface area contributed by atoms with Gasteiger partial charge in [-0.3, -0.25) is 14.9 Å². The number of para-hydroxylation sites is 1. The first-order chi connectivity index (χ1) is 14.1. The Morgan fingerprint density at radius 3 is 2.55 bits per heavy atom. The minimum absolute atomic E-state index is 0.0607. The molecule has 2 aromatic carbocycles. The number of aromatic amines is 1. The zero-order chi connectivity index (χ0) is 20.4. The number of fused-ring (bicyclic) bond motifs is 1. The maximum absolute atomic E-state index is 13.0. The molecule has 0 unspecified atom stereocenters. The molecule has 150 valence electrons. The van der Waals surface area contributed by atoms with Crippen molar-refractivity contribution in [2.45, 2.75) is 38.5 Å². The van der Waals surface area contributed by atoms with Crippen LogP contribution in [0.25, 0.3) is 10.9 Å². The predicted molar refractivity (Wildman–Crippen MR) is 113 cm³/mol. The first-order valence-electron chi connectivity index (χ1n) is 10.2. The number of amides is 1. The summed E-state index contributed by atoms with van der Waals surface area (Å²) in [6, 6.07) is 12.8. The van der Waals surface area contributed by atoms with Crippen LogP contribution in [0, 0.1) is 10.1 Å². The molecular weight excluding hydrogens is 366 g/mol. The second-order valence-electron chi connectivity index (χ2n) is 7.63. The number of likely N-dealkylation sites (tertiary alicyclic amines) is 1. The lowest BCUT2D eigenvalue weighted by Crippen LogP contribution is -2.29. The molecule has 0 bridgehead atoms. The number of nitrogens with one attached hydrogen (secondary N) is 1. The van der Waals surface area contributed by atoms with Gasteiger partial charge in [0.2, 0.25) is 5.91 Å². The van der Waals surface area contributed by atoms with Gasteiger partial charge in [-0.2, -0.15) is 0 Å². The minimum atomic E-state index is -0.395. The highest BCUT2D eigenvalue weighted by Gasteiger charge is 2.26. The number of H-pyrrole nitrogens is 1. The average Bonchev–Trinajstić information content (AvgIpc) is 3.42. The highest BCUT2D eigenvalue weighted by atomic mass is 16.6. The van der Waals surface area contributed by atoms with E-state index in [4.69, 9.17) is 0 Å². The molecule has 4 rings (SSSR count). The number of non-ortho nitro benzene ring substituents is 1. The van der Waals surface area contributed by atoms with Gasteiger partial charge in [0.05, 0.1) is 4.92 Å². The molecule has 0 aliphatic carbocycles. The Morgan fingerprint density at radius 2 is 1.90 bits per heavy atom. The number of nitrogens with zero attached hydrogens (tertiary/aromatic N) is 2. The van der Waals surface area contributed by atoms with Gasteiger partial charge < -0.3 is 9.88 Å². The Kier molecular flexibility index (Phi) is 5.34. The van der Waals surface area contributed by atoms with E-state index >= 15 is 0 Å². The molecule has 1 aliphatic rings. The number of nitro benzene ring substituents is 1. The summed E-state index contributed by atoms with van der Waals surface area (Å²) in [7, 11) is 0. The zero-order valence-electron chi connectivity index (χ0n) is 16.6. The summed E-state index contributed by atoms with van der Waals surface area (Å²) < 4.78 is 0.